The van der Waals surface area contributed by atoms with Crippen LogP contribution < -0.4 is 4.90 Å². The lowest BCUT2D eigenvalue weighted by atomic mass is 9.96. The van der Waals surface area contributed by atoms with Gasteiger partial charge < -0.3 is 4.90 Å². The van der Waals surface area contributed by atoms with Crippen LogP contribution in [0, 0.1) is 0 Å². The van der Waals surface area contributed by atoms with Crippen molar-refractivity contribution in [2.75, 3.05) is 11.4 Å². The summed E-state index contributed by atoms with van der Waals surface area (Å²) in [7, 11) is 0. The molecule has 0 fully saturated rings. The minimum atomic E-state index is 0.274. The van der Waals surface area contributed by atoms with Crippen molar-refractivity contribution in [3.8, 4) is 0 Å². The van der Waals surface area contributed by atoms with Crippen molar-refractivity contribution < 1.29 is 4.79 Å². The molecule has 2 rings (SSSR count). The molecule has 1 atom stereocenters. The van der Waals surface area contributed by atoms with E-state index in [-0.39, 0.29) is 5.91 Å². The third-order valence-corrected chi connectivity index (χ3v) is 4.87. The van der Waals surface area contributed by atoms with E-state index in [0.717, 1.165) is 37.9 Å². The van der Waals surface area contributed by atoms with E-state index in [1.54, 1.807) is 0 Å². The molecule has 0 saturated heterocycles. The number of hydrogen-bond acceptors (Lipinski definition) is 1. The molecule has 1 amide bonds. The first-order valence-electron chi connectivity index (χ1n) is 8.22. The van der Waals surface area contributed by atoms with Crippen LogP contribution in [-0.4, -0.2) is 17.3 Å². The quantitative estimate of drug-likeness (QED) is 0.669. The van der Waals surface area contributed by atoms with Gasteiger partial charge in [0.2, 0.25) is 5.91 Å². The summed E-state index contributed by atoms with van der Waals surface area (Å²) in [6, 6.07) is 6.66. The van der Waals surface area contributed by atoms with Gasteiger partial charge in [0.15, 0.2) is 0 Å². The van der Waals surface area contributed by atoms with Crippen LogP contribution in [0.2, 0.25) is 0 Å². The minimum absolute atomic E-state index is 0.274. The van der Waals surface area contributed by atoms with E-state index in [9.17, 15) is 4.79 Å². The van der Waals surface area contributed by atoms with Crippen molar-refractivity contribution in [1.82, 2.24) is 0 Å². The van der Waals surface area contributed by atoms with Crippen LogP contribution in [0.1, 0.15) is 57.1 Å². The third kappa shape index (κ3) is 4.32. The number of benzene rings is 1. The van der Waals surface area contributed by atoms with Crippen LogP contribution in [0.15, 0.2) is 18.2 Å². The molecule has 1 heterocycles. The number of nitrogens with zero attached hydrogens (tertiary/aromatic N) is 1. The largest absolute Gasteiger partial charge is 0.312 e. The Morgan fingerprint density at radius 2 is 2.14 bits per heavy atom. The second kappa shape index (κ2) is 7.98. The van der Waals surface area contributed by atoms with Crippen molar-refractivity contribution in [3.05, 3.63) is 29.3 Å². The summed E-state index contributed by atoms with van der Waals surface area (Å²) in [5.74, 6) is 0.274. The molecule has 2 nitrogen and oxygen atoms in total. The van der Waals surface area contributed by atoms with E-state index in [0.29, 0.717) is 11.2 Å². The molecular weight excluding hydrogens is 326 g/mol. The van der Waals surface area contributed by atoms with E-state index >= 15 is 0 Å². The molecule has 116 valence electrons. The summed E-state index contributed by atoms with van der Waals surface area (Å²) in [6.45, 7) is 5.16. The van der Waals surface area contributed by atoms with Crippen molar-refractivity contribution in [1.29, 1.82) is 0 Å². The highest BCUT2D eigenvalue weighted by molar-refractivity contribution is 9.09. The SMILES string of the molecule is CCCC(=O)N1CCCc2cc(CC(Br)CCC)ccc21. The molecule has 1 aliphatic rings. The first kappa shape index (κ1) is 16.5. The predicted octanol–water partition coefficient (Wildman–Crippen LogP) is 4.87. The van der Waals surface area contributed by atoms with Crippen LogP contribution in [0.4, 0.5) is 5.69 Å². The molecule has 0 aromatic heterocycles. The molecule has 3 heteroatoms. The molecule has 21 heavy (non-hydrogen) atoms. The topological polar surface area (TPSA) is 20.3 Å². The number of anilines is 1. The second-order valence-electron chi connectivity index (χ2n) is 5.95. The van der Waals surface area contributed by atoms with Gasteiger partial charge in [0.25, 0.3) is 0 Å². The van der Waals surface area contributed by atoms with Crippen molar-refractivity contribution in [2.45, 2.75) is 63.6 Å². The van der Waals surface area contributed by atoms with Crippen LogP contribution in [0.5, 0.6) is 0 Å². The number of carbonyl (C=O) groups excluding carboxylic acids is 1. The van der Waals surface area contributed by atoms with Gasteiger partial charge in [0.05, 0.1) is 0 Å². The number of fused-ring (bicyclic) bond motifs is 1. The van der Waals surface area contributed by atoms with Crippen molar-refractivity contribution in [2.24, 2.45) is 0 Å². The number of aryl methyl sites for hydroxylation is 1. The maximum absolute atomic E-state index is 12.2. The summed E-state index contributed by atoms with van der Waals surface area (Å²) in [4.78, 5) is 14.8. The fourth-order valence-electron chi connectivity index (χ4n) is 3.06. The first-order valence-corrected chi connectivity index (χ1v) is 9.13. The number of halogens is 1. The maximum Gasteiger partial charge on any atom is 0.226 e. The molecule has 0 N–H and O–H groups in total. The van der Waals surface area contributed by atoms with Gasteiger partial charge in [-0.25, -0.2) is 0 Å². The lowest BCUT2D eigenvalue weighted by molar-refractivity contribution is -0.118. The Labute approximate surface area is 137 Å². The van der Waals surface area contributed by atoms with E-state index in [1.165, 1.54) is 24.0 Å². The summed E-state index contributed by atoms with van der Waals surface area (Å²) in [6.07, 6.45) is 7.24. The zero-order valence-corrected chi connectivity index (χ0v) is 14.8. The van der Waals surface area contributed by atoms with Gasteiger partial charge in [-0.05, 0) is 49.3 Å². The molecule has 0 bridgehead atoms. The van der Waals surface area contributed by atoms with E-state index in [2.05, 4.69) is 48.0 Å². The molecule has 0 saturated carbocycles. The molecule has 1 aromatic carbocycles. The Kier molecular flexibility index (Phi) is 6.28. The van der Waals surface area contributed by atoms with Crippen molar-refractivity contribution >= 4 is 27.5 Å². The first-order chi connectivity index (χ1) is 10.2. The fraction of sp³-hybridized carbons (Fsp3) is 0.611. The molecule has 1 aliphatic heterocycles. The molecule has 0 aliphatic carbocycles. The van der Waals surface area contributed by atoms with Gasteiger partial charge in [-0.1, -0.05) is 48.3 Å². The summed E-state index contributed by atoms with van der Waals surface area (Å²) in [5, 5.41) is 0. The monoisotopic (exact) mass is 351 g/mol. The van der Waals surface area contributed by atoms with Gasteiger partial charge >= 0.3 is 0 Å². The Morgan fingerprint density at radius 3 is 2.86 bits per heavy atom. The zero-order valence-electron chi connectivity index (χ0n) is 13.2. The molecule has 1 unspecified atom stereocenters. The highest BCUT2D eigenvalue weighted by Gasteiger charge is 2.22. The normalized spacial score (nSPS) is 15.7. The van der Waals surface area contributed by atoms with Gasteiger partial charge in [0.1, 0.15) is 0 Å². The van der Waals surface area contributed by atoms with Gasteiger partial charge in [-0.3, -0.25) is 4.79 Å². The minimum Gasteiger partial charge on any atom is -0.312 e. The van der Waals surface area contributed by atoms with Gasteiger partial charge in [0, 0.05) is 23.5 Å². The van der Waals surface area contributed by atoms with Crippen LogP contribution >= 0.6 is 15.9 Å². The average molecular weight is 352 g/mol. The summed E-state index contributed by atoms with van der Waals surface area (Å²) in [5.41, 5.74) is 3.87. The summed E-state index contributed by atoms with van der Waals surface area (Å²) < 4.78 is 0. The van der Waals surface area contributed by atoms with Gasteiger partial charge in [-0.15, -0.1) is 0 Å². The Hall–Kier alpha value is -0.830. The van der Waals surface area contributed by atoms with Crippen molar-refractivity contribution in [3.63, 3.8) is 0 Å². The zero-order chi connectivity index (χ0) is 15.2. The molecule has 0 spiro atoms. The fourth-order valence-corrected chi connectivity index (χ4v) is 3.89. The van der Waals surface area contributed by atoms with E-state index in [1.807, 2.05) is 4.90 Å². The standard InChI is InChI=1S/C18H26BrNO/c1-3-6-16(19)13-14-9-10-17-15(12-14)8-5-11-20(17)18(21)7-4-2/h9-10,12,16H,3-8,11,13H2,1-2H3. The van der Waals surface area contributed by atoms with Crippen LogP contribution in [-0.2, 0) is 17.6 Å². The van der Waals surface area contributed by atoms with E-state index < -0.39 is 0 Å². The Balaban J connectivity index is 2.14. The van der Waals surface area contributed by atoms with E-state index in [4.69, 9.17) is 0 Å². The Bertz CT molecular complexity index is 486. The average Bonchev–Trinajstić information content (AvgIpc) is 2.46. The van der Waals surface area contributed by atoms with Crippen LogP contribution in [0.25, 0.3) is 0 Å². The second-order valence-corrected chi connectivity index (χ2v) is 7.25. The molecule has 1 aromatic rings. The number of alkyl halides is 1. The van der Waals surface area contributed by atoms with Crippen LogP contribution in [0.3, 0.4) is 0 Å². The smallest absolute Gasteiger partial charge is 0.226 e. The highest BCUT2D eigenvalue weighted by Crippen LogP contribution is 2.29. The summed E-state index contributed by atoms with van der Waals surface area (Å²) >= 11 is 3.76. The molecular formula is C18H26BrNO. The number of hydrogen-bond donors (Lipinski definition) is 0. The highest BCUT2D eigenvalue weighted by atomic mass is 79.9. The number of amides is 1. The number of rotatable bonds is 6. The van der Waals surface area contributed by atoms with Gasteiger partial charge in [-0.2, -0.15) is 0 Å². The predicted molar refractivity (Wildman–Crippen MR) is 93.4 cm³/mol. The number of carbonyl (C=O) groups is 1. The molecule has 0 radical (unpaired) electrons. The third-order valence-electron chi connectivity index (χ3n) is 4.09. The Morgan fingerprint density at radius 1 is 1.33 bits per heavy atom. The maximum atomic E-state index is 12.2. The lowest BCUT2D eigenvalue weighted by Crippen LogP contribution is -2.35. The lowest BCUT2D eigenvalue weighted by Gasteiger charge is -2.30.